The first kappa shape index (κ1) is 31.9. The molecule has 0 spiro atoms. The van der Waals surface area contributed by atoms with Crippen molar-refractivity contribution in [1.29, 1.82) is 5.41 Å². The van der Waals surface area contributed by atoms with Gasteiger partial charge in [0.1, 0.15) is 11.6 Å². The molecule has 0 aromatic heterocycles. The number of carbonyl (C=O) groups is 2. The maximum Gasteiger partial charge on any atom is 0.319 e. The van der Waals surface area contributed by atoms with E-state index in [1.54, 1.807) is 44.0 Å². The molecule has 0 unspecified atom stereocenters. The average molecular weight is 598 g/mol. The predicted octanol–water partition coefficient (Wildman–Crippen LogP) is 4.76. The lowest BCUT2D eigenvalue weighted by Crippen LogP contribution is -2.51. The van der Waals surface area contributed by atoms with Crippen LogP contribution in [0.2, 0.25) is 0 Å². The van der Waals surface area contributed by atoms with Crippen molar-refractivity contribution < 1.29 is 28.2 Å². The average Bonchev–Trinajstić information content (AvgIpc) is 3.27. The summed E-state index contributed by atoms with van der Waals surface area (Å²) < 4.78 is 32.6. The van der Waals surface area contributed by atoms with Gasteiger partial charge in [0.05, 0.1) is 38.1 Å². The highest BCUT2D eigenvalue weighted by Gasteiger charge is 2.34. The first-order valence-electron chi connectivity index (χ1n) is 14.7. The molecule has 10 nitrogen and oxygen atoms in total. The molecule has 2 heterocycles. The Labute approximate surface area is 253 Å². The number of urea groups is 1. The second kappa shape index (κ2) is 12.7. The van der Waals surface area contributed by atoms with E-state index in [2.05, 4.69) is 25.7 Å². The summed E-state index contributed by atoms with van der Waals surface area (Å²) >= 11 is 0. The van der Waals surface area contributed by atoms with Crippen molar-refractivity contribution in [2.45, 2.75) is 46.6 Å². The van der Waals surface area contributed by atoms with Gasteiger partial charge in [-0.2, -0.15) is 0 Å². The monoisotopic (exact) mass is 597 g/mol. The summed E-state index contributed by atoms with van der Waals surface area (Å²) in [5, 5.41) is 8.75. The van der Waals surface area contributed by atoms with E-state index in [4.69, 9.17) is 19.6 Å². The maximum absolute atomic E-state index is 15.6. The van der Waals surface area contributed by atoms with Crippen LogP contribution >= 0.6 is 0 Å². The largest absolute Gasteiger partial charge is 0.494 e. The van der Waals surface area contributed by atoms with Gasteiger partial charge in [0.25, 0.3) is 0 Å². The Bertz CT molecular complexity index is 1400. The standard InChI is InChI=1S/C32H44FN5O5/c1-9-42-25-17-21-18-38(30(34)26(21)27(33)29(25)43-10-2)19-24(39)20-15-22(32(3,4)5)28(41-8)23(16-20)36-11-13-37(14-12-36)31(40)35(6)7/h15-17,34H,9-14,18-19H2,1-8H3. The van der Waals surface area contributed by atoms with Crippen LogP contribution < -0.4 is 19.1 Å². The van der Waals surface area contributed by atoms with Gasteiger partial charge in [0.2, 0.25) is 0 Å². The molecular formula is C32H44FN5O5. The Morgan fingerprint density at radius 1 is 1.00 bits per heavy atom. The topological polar surface area (TPSA) is 98.6 Å². The van der Waals surface area contributed by atoms with Crippen LogP contribution in [0.25, 0.3) is 0 Å². The van der Waals surface area contributed by atoms with Crippen LogP contribution in [0.1, 0.15) is 61.7 Å². The molecular weight excluding hydrogens is 553 g/mol. The van der Waals surface area contributed by atoms with Gasteiger partial charge in [-0.25, -0.2) is 9.18 Å². The molecule has 1 N–H and O–H groups in total. The van der Waals surface area contributed by atoms with Gasteiger partial charge in [-0.15, -0.1) is 0 Å². The normalized spacial score (nSPS) is 15.0. The molecule has 43 heavy (non-hydrogen) atoms. The Kier molecular flexibility index (Phi) is 9.41. The molecule has 234 valence electrons. The number of amides is 2. The third-order valence-corrected chi connectivity index (χ3v) is 7.78. The molecule has 0 radical (unpaired) electrons. The van der Waals surface area contributed by atoms with Crippen molar-refractivity contribution in [1.82, 2.24) is 14.7 Å². The van der Waals surface area contributed by atoms with E-state index in [1.165, 1.54) is 0 Å². The zero-order chi connectivity index (χ0) is 31.6. The van der Waals surface area contributed by atoms with E-state index >= 15 is 4.39 Å². The maximum atomic E-state index is 15.6. The third-order valence-electron chi connectivity index (χ3n) is 7.78. The number of carbonyl (C=O) groups excluding carboxylic acids is 2. The second-order valence-electron chi connectivity index (χ2n) is 12.0. The quantitative estimate of drug-likeness (QED) is 0.417. The molecule has 1 saturated heterocycles. The number of hydrogen-bond acceptors (Lipinski definition) is 7. The Hall–Kier alpha value is -4.02. The van der Waals surface area contributed by atoms with Crippen molar-refractivity contribution in [2.75, 3.05) is 72.0 Å². The van der Waals surface area contributed by atoms with Crippen molar-refractivity contribution in [3.05, 3.63) is 46.3 Å². The number of ketones is 1. The number of nitrogens with zero attached hydrogens (tertiary/aromatic N) is 4. The summed E-state index contributed by atoms with van der Waals surface area (Å²) in [6, 6.07) is 5.38. The van der Waals surface area contributed by atoms with Gasteiger partial charge in [-0.1, -0.05) is 20.8 Å². The van der Waals surface area contributed by atoms with E-state index in [1.807, 2.05) is 24.0 Å². The van der Waals surface area contributed by atoms with E-state index in [0.717, 1.165) is 11.3 Å². The fraction of sp³-hybridized carbons (Fsp3) is 0.531. The molecule has 11 heteroatoms. The number of amidine groups is 1. The molecule has 4 rings (SSSR count). The lowest BCUT2D eigenvalue weighted by molar-refractivity contribution is 0.0962. The van der Waals surface area contributed by atoms with Crippen LogP contribution in [0.15, 0.2) is 18.2 Å². The lowest BCUT2D eigenvalue weighted by Gasteiger charge is -2.38. The zero-order valence-corrected chi connectivity index (χ0v) is 26.6. The van der Waals surface area contributed by atoms with Crippen molar-refractivity contribution in [3.63, 3.8) is 0 Å². The molecule has 2 amide bonds. The van der Waals surface area contributed by atoms with Crippen LogP contribution in [0.4, 0.5) is 14.9 Å². The number of methoxy groups -OCH3 is 1. The number of fused-ring (bicyclic) bond motifs is 1. The number of rotatable bonds is 9. The van der Waals surface area contributed by atoms with Gasteiger partial charge in [0.15, 0.2) is 23.1 Å². The zero-order valence-electron chi connectivity index (χ0n) is 26.6. The van der Waals surface area contributed by atoms with Crippen LogP contribution in [0, 0.1) is 11.2 Å². The predicted molar refractivity (Wildman–Crippen MR) is 165 cm³/mol. The van der Waals surface area contributed by atoms with Crippen molar-refractivity contribution in [2.24, 2.45) is 0 Å². The number of Topliss-reactive ketones (excluding diaryl/α,β-unsaturated/α-hetero) is 1. The van der Waals surface area contributed by atoms with Crippen molar-refractivity contribution >= 4 is 23.3 Å². The highest BCUT2D eigenvalue weighted by atomic mass is 19.1. The first-order valence-corrected chi connectivity index (χ1v) is 14.7. The summed E-state index contributed by atoms with van der Waals surface area (Å²) in [6.45, 7) is 12.8. The fourth-order valence-corrected chi connectivity index (χ4v) is 5.63. The fourth-order valence-electron chi connectivity index (χ4n) is 5.63. The number of benzene rings is 2. The van der Waals surface area contributed by atoms with Gasteiger partial charge >= 0.3 is 6.03 Å². The van der Waals surface area contributed by atoms with Crippen LogP contribution in [-0.2, 0) is 12.0 Å². The number of halogens is 1. The lowest BCUT2D eigenvalue weighted by atomic mass is 9.84. The van der Waals surface area contributed by atoms with E-state index < -0.39 is 5.82 Å². The first-order chi connectivity index (χ1) is 20.3. The molecule has 1 fully saturated rings. The highest BCUT2D eigenvalue weighted by molar-refractivity contribution is 6.06. The van der Waals surface area contributed by atoms with Crippen molar-refractivity contribution in [3.8, 4) is 17.2 Å². The SMILES string of the molecule is CCOc1cc2c(c(F)c1OCC)C(=N)N(CC(=O)c1cc(N3CCN(C(=O)N(C)C)CC3)c(OC)c(C(C)(C)C)c1)C2. The third kappa shape index (κ3) is 6.35. The van der Waals surface area contributed by atoms with E-state index in [9.17, 15) is 9.59 Å². The molecule has 2 aliphatic rings. The Balaban J connectivity index is 1.64. The highest BCUT2D eigenvalue weighted by Crippen LogP contribution is 2.42. The number of hydrogen-bond donors (Lipinski definition) is 1. The Morgan fingerprint density at radius 2 is 1.65 bits per heavy atom. The summed E-state index contributed by atoms with van der Waals surface area (Å²) in [7, 11) is 5.11. The smallest absolute Gasteiger partial charge is 0.319 e. The van der Waals surface area contributed by atoms with Crippen LogP contribution in [-0.4, -0.2) is 99.5 Å². The molecule has 0 atom stereocenters. The number of anilines is 1. The minimum atomic E-state index is -0.642. The number of ether oxygens (including phenoxy) is 3. The molecule has 2 aromatic rings. The summed E-state index contributed by atoms with van der Waals surface area (Å²) in [6.07, 6.45) is 0. The van der Waals surface area contributed by atoms with Gasteiger partial charge in [-0.3, -0.25) is 10.2 Å². The molecule has 2 aliphatic heterocycles. The molecule has 0 bridgehead atoms. The summed E-state index contributed by atoms with van der Waals surface area (Å²) in [4.78, 5) is 33.5. The van der Waals surface area contributed by atoms with E-state index in [-0.39, 0.29) is 54.1 Å². The summed E-state index contributed by atoms with van der Waals surface area (Å²) in [5.74, 6) is 0.0925. The van der Waals surface area contributed by atoms with Gasteiger partial charge in [0, 0.05) is 57.9 Å². The van der Waals surface area contributed by atoms with Gasteiger partial charge in [-0.05, 0) is 43.0 Å². The minimum Gasteiger partial charge on any atom is -0.494 e. The minimum absolute atomic E-state index is 0.0111. The molecule has 2 aromatic carbocycles. The molecule has 0 aliphatic carbocycles. The molecule has 0 saturated carbocycles. The number of piperazine rings is 1. The van der Waals surface area contributed by atoms with E-state index in [0.29, 0.717) is 55.4 Å². The van der Waals surface area contributed by atoms with Gasteiger partial charge < -0.3 is 33.8 Å². The summed E-state index contributed by atoms with van der Waals surface area (Å²) in [5.41, 5.74) is 2.56. The second-order valence-corrected chi connectivity index (χ2v) is 12.0. The van der Waals surface area contributed by atoms with Crippen LogP contribution in [0.3, 0.4) is 0 Å². The number of nitrogens with one attached hydrogen (secondary N) is 1. The Morgan fingerprint density at radius 3 is 2.21 bits per heavy atom. The van der Waals surface area contributed by atoms with Crippen LogP contribution in [0.5, 0.6) is 17.2 Å².